The van der Waals surface area contributed by atoms with Gasteiger partial charge in [-0.3, -0.25) is 0 Å². The van der Waals surface area contributed by atoms with Crippen molar-refractivity contribution < 1.29 is 18.3 Å². The van der Waals surface area contributed by atoms with Crippen LogP contribution in [0.1, 0.15) is 12.5 Å². The number of nitrogens with zero attached hydrogens (tertiary/aromatic N) is 5. The van der Waals surface area contributed by atoms with Gasteiger partial charge in [0.2, 0.25) is 17.7 Å². The van der Waals surface area contributed by atoms with E-state index in [4.69, 9.17) is 10.5 Å². The minimum atomic E-state index is -2.95. The highest BCUT2D eigenvalue weighted by molar-refractivity contribution is 5.69. The topological polar surface area (TPSA) is 101 Å². The van der Waals surface area contributed by atoms with Crippen LogP contribution in [0.5, 0.6) is 11.8 Å². The van der Waals surface area contributed by atoms with E-state index >= 15 is 0 Å². The summed E-state index contributed by atoms with van der Waals surface area (Å²) < 4.78 is 36.3. The fourth-order valence-corrected chi connectivity index (χ4v) is 2.35. The minimum Gasteiger partial charge on any atom is -0.478 e. The van der Waals surface area contributed by atoms with E-state index in [1.807, 2.05) is 13.0 Å². The van der Waals surface area contributed by atoms with E-state index in [2.05, 4.69) is 24.8 Å². The second kappa shape index (κ2) is 7.72. The SMILES string of the molecule is CCOc1ncc(Cn2cnc(N)n2)cc1-c1ccnc(OC(F)F)c1. The number of nitrogen functional groups attached to an aromatic ring is 1. The monoisotopic (exact) mass is 362 g/mol. The third kappa shape index (κ3) is 4.21. The average Bonchev–Trinajstić information content (AvgIpc) is 3.01. The van der Waals surface area contributed by atoms with Crippen LogP contribution in [0, 0.1) is 0 Å². The maximum atomic E-state index is 12.4. The number of alkyl halides is 2. The van der Waals surface area contributed by atoms with Crippen LogP contribution in [-0.4, -0.2) is 38.0 Å². The van der Waals surface area contributed by atoms with Gasteiger partial charge >= 0.3 is 6.61 Å². The van der Waals surface area contributed by atoms with Gasteiger partial charge in [-0.1, -0.05) is 0 Å². The Hall–Kier alpha value is -3.30. The number of halogens is 2. The van der Waals surface area contributed by atoms with Crippen LogP contribution in [0.4, 0.5) is 14.7 Å². The van der Waals surface area contributed by atoms with E-state index in [1.165, 1.54) is 18.6 Å². The Morgan fingerprint density at radius 1 is 1.23 bits per heavy atom. The van der Waals surface area contributed by atoms with E-state index < -0.39 is 6.61 Å². The maximum Gasteiger partial charge on any atom is 0.388 e. The molecule has 136 valence electrons. The van der Waals surface area contributed by atoms with E-state index in [0.29, 0.717) is 30.2 Å². The van der Waals surface area contributed by atoms with Crippen LogP contribution in [-0.2, 0) is 6.54 Å². The van der Waals surface area contributed by atoms with Crippen molar-refractivity contribution in [1.82, 2.24) is 24.7 Å². The minimum absolute atomic E-state index is 0.173. The summed E-state index contributed by atoms with van der Waals surface area (Å²) in [6.07, 6.45) is 4.53. The van der Waals surface area contributed by atoms with E-state index in [-0.39, 0.29) is 11.8 Å². The number of rotatable bonds is 7. The van der Waals surface area contributed by atoms with E-state index in [9.17, 15) is 8.78 Å². The lowest BCUT2D eigenvalue weighted by atomic mass is 10.1. The molecule has 0 aliphatic rings. The first kappa shape index (κ1) is 17.5. The van der Waals surface area contributed by atoms with Gasteiger partial charge in [0.15, 0.2) is 0 Å². The average molecular weight is 362 g/mol. The molecular formula is C16H16F2N6O2. The van der Waals surface area contributed by atoms with Gasteiger partial charge in [0.1, 0.15) is 6.33 Å². The fourth-order valence-electron chi connectivity index (χ4n) is 2.35. The Balaban J connectivity index is 1.96. The molecule has 0 saturated heterocycles. The van der Waals surface area contributed by atoms with Crippen LogP contribution in [0.3, 0.4) is 0 Å². The Kier molecular flexibility index (Phi) is 5.20. The summed E-state index contributed by atoms with van der Waals surface area (Å²) in [7, 11) is 0. The summed E-state index contributed by atoms with van der Waals surface area (Å²) >= 11 is 0. The first-order chi connectivity index (χ1) is 12.5. The molecule has 0 bridgehead atoms. The Bertz CT molecular complexity index is 887. The third-order valence-corrected chi connectivity index (χ3v) is 3.34. The van der Waals surface area contributed by atoms with Gasteiger partial charge in [0, 0.05) is 24.0 Å². The standard InChI is InChI=1S/C16H16F2N6O2/c1-2-25-14-12(11-3-4-20-13(6-11)26-15(17)18)5-10(7-21-14)8-24-9-22-16(19)23-24/h3-7,9,15H,2,8H2,1H3,(H2,19,23). The summed E-state index contributed by atoms with van der Waals surface area (Å²) in [4.78, 5) is 12.0. The second-order valence-electron chi connectivity index (χ2n) is 5.19. The van der Waals surface area contributed by atoms with Gasteiger partial charge in [-0.2, -0.15) is 8.78 Å². The summed E-state index contributed by atoms with van der Waals surface area (Å²) in [5, 5.41) is 4.02. The van der Waals surface area contributed by atoms with Crippen molar-refractivity contribution in [1.29, 1.82) is 0 Å². The van der Waals surface area contributed by atoms with Crippen LogP contribution < -0.4 is 15.2 Å². The van der Waals surface area contributed by atoms with E-state index in [1.54, 1.807) is 16.9 Å². The largest absolute Gasteiger partial charge is 0.478 e. The van der Waals surface area contributed by atoms with Gasteiger partial charge < -0.3 is 15.2 Å². The van der Waals surface area contributed by atoms with Gasteiger partial charge in [-0.25, -0.2) is 19.6 Å². The maximum absolute atomic E-state index is 12.4. The molecule has 0 radical (unpaired) electrons. The summed E-state index contributed by atoms with van der Waals surface area (Å²) in [6, 6.07) is 4.90. The molecule has 0 saturated carbocycles. The molecule has 2 N–H and O–H groups in total. The Morgan fingerprint density at radius 2 is 2.08 bits per heavy atom. The summed E-state index contributed by atoms with van der Waals surface area (Å²) in [5.41, 5.74) is 7.53. The third-order valence-electron chi connectivity index (χ3n) is 3.34. The Labute approximate surface area is 147 Å². The second-order valence-corrected chi connectivity index (χ2v) is 5.19. The lowest BCUT2D eigenvalue weighted by Crippen LogP contribution is -2.05. The molecule has 0 amide bonds. The predicted octanol–water partition coefficient (Wildman–Crippen LogP) is 2.37. The number of ether oxygens (including phenoxy) is 2. The molecule has 26 heavy (non-hydrogen) atoms. The molecular weight excluding hydrogens is 346 g/mol. The van der Waals surface area contributed by atoms with Crippen molar-refractivity contribution in [3.8, 4) is 22.9 Å². The zero-order chi connectivity index (χ0) is 18.5. The molecule has 0 unspecified atom stereocenters. The molecule has 0 aliphatic carbocycles. The fraction of sp³-hybridized carbons (Fsp3) is 0.250. The lowest BCUT2D eigenvalue weighted by Gasteiger charge is -2.12. The molecule has 0 fully saturated rings. The molecule has 3 rings (SSSR count). The molecule has 0 aliphatic heterocycles. The smallest absolute Gasteiger partial charge is 0.388 e. The predicted molar refractivity (Wildman–Crippen MR) is 88.8 cm³/mol. The van der Waals surface area contributed by atoms with Crippen LogP contribution >= 0.6 is 0 Å². The summed E-state index contributed by atoms with van der Waals surface area (Å²) in [6.45, 7) is -0.326. The zero-order valence-corrected chi connectivity index (χ0v) is 13.8. The van der Waals surface area contributed by atoms with Crippen LogP contribution in [0.25, 0.3) is 11.1 Å². The molecule has 3 aromatic heterocycles. The van der Waals surface area contributed by atoms with Crippen molar-refractivity contribution in [2.75, 3.05) is 12.3 Å². The first-order valence-corrected chi connectivity index (χ1v) is 7.73. The van der Waals surface area contributed by atoms with Crippen molar-refractivity contribution in [2.45, 2.75) is 20.1 Å². The van der Waals surface area contributed by atoms with Crippen molar-refractivity contribution in [3.63, 3.8) is 0 Å². The van der Waals surface area contributed by atoms with E-state index in [0.717, 1.165) is 5.56 Å². The number of hydrogen-bond donors (Lipinski definition) is 1. The number of hydrogen-bond acceptors (Lipinski definition) is 7. The highest BCUT2D eigenvalue weighted by Crippen LogP contribution is 2.31. The number of anilines is 1. The van der Waals surface area contributed by atoms with Crippen molar-refractivity contribution >= 4 is 5.95 Å². The van der Waals surface area contributed by atoms with Gasteiger partial charge in [-0.05, 0) is 30.2 Å². The lowest BCUT2D eigenvalue weighted by molar-refractivity contribution is -0.0528. The summed E-state index contributed by atoms with van der Waals surface area (Å²) in [5.74, 6) is 0.366. The molecule has 0 atom stereocenters. The van der Waals surface area contributed by atoms with Crippen LogP contribution in [0.2, 0.25) is 0 Å². The van der Waals surface area contributed by atoms with Crippen molar-refractivity contribution in [3.05, 3.63) is 42.5 Å². The molecule has 3 aromatic rings. The van der Waals surface area contributed by atoms with Gasteiger partial charge in [0.05, 0.1) is 13.2 Å². The van der Waals surface area contributed by atoms with Gasteiger partial charge in [-0.15, -0.1) is 5.10 Å². The number of aromatic nitrogens is 5. The highest BCUT2D eigenvalue weighted by atomic mass is 19.3. The molecule has 10 heteroatoms. The zero-order valence-electron chi connectivity index (χ0n) is 13.8. The van der Waals surface area contributed by atoms with Crippen LogP contribution in [0.15, 0.2) is 36.9 Å². The Morgan fingerprint density at radius 3 is 2.77 bits per heavy atom. The molecule has 0 aromatic carbocycles. The number of pyridine rings is 2. The van der Waals surface area contributed by atoms with Gasteiger partial charge in [0.25, 0.3) is 0 Å². The molecule has 3 heterocycles. The molecule has 8 nitrogen and oxygen atoms in total. The normalized spacial score (nSPS) is 10.9. The van der Waals surface area contributed by atoms with Crippen molar-refractivity contribution in [2.24, 2.45) is 0 Å². The quantitative estimate of drug-likeness (QED) is 0.688. The highest BCUT2D eigenvalue weighted by Gasteiger charge is 2.13. The molecule has 0 spiro atoms. The number of nitrogens with two attached hydrogens (primary N) is 1. The first-order valence-electron chi connectivity index (χ1n) is 7.73.